The highest BCUT2D eigenvalue weighted by Gasteiger charge is 2.23. The molecule has 2 N–H and O–H groups in total. The van der Waals surface area contributed by atoms with Crippen molar-refractivity contribution in [2.45, 2.75) is 6.54 Å². The highest BCUT2D eigenvalue weighted by atomic mass is 16.2. The van der Waals surface area contributed by atoms with Gasteiger partial charge in [-0.1, -0.05) is 30.3 Å². The molecule has 0 bridgehead atoms. The van der Waals surface area contributed by atoms with Crippen LogP contribution >= 0.6 is 0 Å². The SMILES string of the molecule is CN1CC(=O)Nc2ccc(NCc3ccccc3)cc2C1=O. The summed E-state index contributed by atoms with van der Waals surface area (Å²) < 4.78 is 0. The van der Waals surface area contributed by atoms with Crippen LogP contribution in [0.4, 0.5) is 11.4 Å². The predicted octanol–water partition coefficient (Wildman–Crippen LogP) is 2.32. The lowest BCUT2D eigenvalue weighted by atomic mass is 10.1. The monoisotopic (exact) mass is 295 g/mol. The van der Waals surface area contributed by atoms with Gasteiger partial charge >= 0.3 is 0 Å². The van der Waals surface area contributed by atoms with Crippen LogP contribution in [0.1, 0.15) is 15.9 Å². The van der Waals surface area contributed by atoms with E-state index in [0.29, 0.717) is 17.8 Å². The smallest absolute Gasteiger partial charge is 0.256 e. The van der Waals surface area contributed by atoms with Crippen LogP contribution in [-0.4, -0.2) is 30.3 Å². The summed E-state index contributed by atoms with van der Waals surface area (Å²) in [7, 11) is 1.63. The Balaban J connectivity index is 1.82. The molecule has 0 radical (unpaired) electrons. The number of benzene rings is 2. The van der Waals surface area contributed by atoms with Crippen LogP contribution in [0.3, 0.4) is 0 Å². The molecule has 3 rings (SSSR count). The number of likely N-dealkylation sites (N-methyl/N-ethyl adjacent to an activating group) is 1. The normalized spacial score (nSPS) is 14.1. The average molecular weight is 295 g/mol. The highest BCUT2D eigenvalue weighted by molar-refractivity contribution is 6.08. The fourth-order valence-electron chi connectivity index (χ4n) is 2.42. The first-order valence-corrected chi connectivity index (χ1v) is 7.10. The van der Waals surface area contributed by atoms with Gasteiger partial charge in [0.15, 0.2) is 0 Å². The third kappa shape index (κ3) is 2.93. The summed E-state index contributed by atoms with van der Waals surface area (Å²) in [5, 5.41) is 6.05. The summed E-state index contributed by atoms with van der Waals surface area (Å²) in [6.07, 6.45) is 0. The second kappa shape index (κ2) is 5.89. The third-order valence-corrected chi connectivity index (χ3v) is 3.59. The summed E-state index contributed by atoms with van der Waals surface area (Å²) in [4.78, 5) is 25.4. The van der Waals surface area contributed by atoms with Crippen molar-refractivity contribution >= 4 is 23.2 Å². The maximum absolute atomic E-state index is 12.3. The molecule has 112 valence electrons. The number of anilines is 2. The van der Waals surface area contributed by atoms with Gasteiger partial charge in [0.25, 0.3) is 5.91 Å². The van der Waals surface area contributed by atoms with Gasteiger partial charge in [-0.05, 0) is 23.8 Å². The predicted molar refractivity (Wildman–Crippen MR) is 85.8 cm³/mol. The Bertz CT molecular complexity index is 713. The second-order valence-electron chi connectivity index (χ2n) is 5.31. The molecule has 0 saturated carbocycles. The number of rotatable bonds is 3. The van der Waals surface area contributed by atoms with Crippen molar-refractivity contribution in [1.29, 1.82) is 0 Å². The molecule has 2 aromatic rings. The van der Waals surface area contributed by atoms with Crippen molar-refractivity contribution in [2.24, 2.45) is 0 Å². The van der Waals surface area contributed by atoms with Gasteiger partial charge in [0.2, 0.25) is 5.91 Å². The molecule has 0 spiro atoms. The van der Waals surface area contributed by atoms with Gasteiger partial charge in [0.1, 0.15) is 0 Å². The molecule has 0 fully saturated rings. The molecule has 1 aliphatic rings. The van der Waals surface area contributed by atoms with Gasteiger partial charge < -0.3 is 15.5 Å². The van der Waals surface area contributed by atoms with Crippen molar-refractivity contribution in [3.63, 3.8) is 0 Å². The Morgan fingerprint density at radius 2 is 1.91 bits per heavy atom. The van der Waals surface area contributed by atoms with Crippen LogP contribution in [0, 0.1) is 0 Å². The zero-order valence-electron chi connectivity index (χ0n) is 12.3. The van der Waals surface area contributed by atoms with Crippen LogP contribution < -0.4 is 10.6 Å². The molecule has 0 atom stereocenters. The Hall–Kier alpha value is -2.82. The van der Waals surface area contributed by atoms with E-state index in [2.05, 4.69) is 10.6 Å². The van der Waals surface area contributed by atoms with Crippen molar-refractivity contribution in [2.75, 3.05) is 24.2 Å². The Labute approximate surface area is 128 Å². The van der Waals surface area contributed by atoms with Crippen LogP contribution in [0.15, 0.2) is 48.5 Å². The number of hydrogen-bond donors (Lipinski definition) is 2. The van der Waals surface area contributed by atoms with E-state index in [0.717, 1.165) is 11.3 Å². The van der Waals surface area contributed by atoms with E-state index in [4.69, 9.17) is 0 Å². The quantitative estimate of drug-likeness (QED) is 0.913. The lowest BCUT2D eigenvalue weighted by molar-refractivity contribution is -0.116. The van der Waals surface area contributed by atoms with E-state index >= 15 is 0 Å². The summed E-state index contributed by atoms with van der Waals surface area (Å²) in [5.41, 5.74) is 3.07. The minimum Gasteiger partial charge on any atom is -0.381 e. The fraction of sp³-hybridized carbons (Fsp3) is 0.176. The van der Waals surface area contributed by atoms with E-state index in [1.54, 1.807) is 19.2 Å². The topological polar surface area (TPSA) is 61.4 Å². The molecule has 5 heteroatoms. The van der Waals surface area contributed by atoms with Gasteiger partial charge in [-0.15, -0.1) is 0 Å². The van der Waals surface area contributed by atoms with E-state index in [-0.39, 0.29) is 18.4 Å². The van der Waals surface area contributed by atoms with Crippen molar-refractivity contribution in [3.8, 4) is 0 Å². The van der Waals surface area contributed by atoms with E-state index in [1.165, 1.54) is 4.90 Å². The fourth-order valence-corrected chi connectivity index (χ4v) is 2.42. The van der Waals surface area contributed by atoms with Crippen LogP contribution in [-0.2, 0) is 11.3 Å². The van der Waals surface area contributed by atoms with Crippen LogP contribution in [0.25, 0.3) is 0 Å². The number of hydrogen-bond acceptors (Lipinski definition) is 3. The number of nitrogens with one attached hydrogen (secondary N) is 2. The first-order chi connectivity index (χ1) is 10.6. The third-order valence-electron chi connectivity index (χ3n) is 3.59. The van der Waals surface area contributed by atoms with Gasteiger partial charge in [0, 0.05) is 19.3 Å². The zero-order chi connectivity index (χ0) is 15.5. The minimum atomic E-state index is -0.181. The highest BCUT2D eigenvalue weighted by Crippen LogP contribution is 2.24. The molecule has 0 aromatic heterocycles. The second-order valence-corrected chi connectivity index (χ2v) is 5.31. The van der Waals surface area contributed by atoms with Crippen LogP contribution in [0.2, 0.25) is 0 Å². The number of carbonyl (C=O) groups excluding carboxylic acids is 2. The largest absolute Gasteiger partial charge is 0.381 e. The standard InChI is InChI=1S/C17H17N3O2/c1-20-11-16(21)19-15-8-7-13(9-14(15)17(20)22)18-10-12-5-3-2-4-6-12/h2-9,18H,10-11H2,1H3,(H,19,21). The molecule has 0 saturated heterocycles. The van der Waals surface area contributed by atoms with Gasteiger partial charge in [-0.25, -0.2) is 0 Å². The minimum absolute atomic E-state index is 0.0697. The number of carbonyl (C=O) groups is 2. The maximum Gasteiger partial charge on any atom is 0.256 e. The number of nitrogens with zero attached hydrogens (tertiary/aromatic N) is 1. The van der Waals surface area contributed by atoms with E-state index in [9.17, 15) is 9.59 Å². The molecular weight excluding hydrogens is 278 g/mol. The molecule has 0 aliphatic carbocycles. The summed E-state index contributed by atoms with van der Waals surface area (Å²) in [6, 6.07) is 15.4. The van der Waals surface area contributed by atoms with Gasteiger partial charge in [-0.3, -0.25) is 9.59 Å². The molecular formula is C17H17N3O2. The Morgan fingerprint density at radius 1 is 1.14 bits per heavy atom. The van der Waals surface area contributed by atoms with Gasteiger partial charge in [-0.2, -0.15) is 0 Å². The number of fused-ring (bicyclic) bond motifs is 1. The number of amides is 2. The van der Waals surface area contributed by atoms with Crippen molar-refractivity contribution in [3.05, 3.63) is 59.7 Å². The lowest BCUT2D eigenvalue weighted by Gasteiger charge is -2.13. The Kier molecular flexibility index (Phi) is 3.78. The zero-order valence-corrected chi connectivity index (χ0v) is 12.3. The summed E-state index contributed by atoms with van der Waals surface area (Å²) in [5.74, 6) is -0.337. The maximum atomic E-state index is 12.3. The molecule has 1 aliphatic heterocycles. The molecule has 22 heavy (non-hydrogen) atoms. The first-order valence-electron chi connectivity index (χ1n) is 7.10. The molecule has 2 aromatic carbocycles. The molecule has 1 heterocycles. The van der Waals surface area contributed by atoms with E-state index < -0.39 is 0 Å². The lowest BCUT2D eigenvalue weighted by Crippen LogP contribution is -2.31. The van der Waals surface area contributed by atoms with E-state index in [1.807, 2.05) is 36.4 Å². The first kappa shape index (κ1) is 14.1. The summed E-state index contributed by atoms with van der Waals surface area (Å²) >= 11 is 0. The van der Waals surface area contributed by atoms with Gasteiger partial charge in [0.05, 0.1) is 17.8 Å². The average Bonchev–Trinajstić information content (AvgIpc) is 2.63. The van der Waals surface area contributed by atoms with Crippen LogP contribution in [0.5, 0.6) is 0 Å². The summed E-state index contributed by atoms with van der Waals surface area (Å²) in [6.45, 7) is 0.746. The molecule has 5 nitrogen and oxygen atoms in total. The van der Waals surface area contributed by atoms with Crippen molar-refractivity contribution < 1.29 is 9.59 Å². The Morgan fingerprint density at radius 3 is 2.68 bits per heavy atom. The van der Waals surface area contributed by atoms with Crippen molar-refractivity contribution in [1.82, 2.24) is 4.90 Å². The molecule has 2 amide bonds. The molecule has 0 unspecified atom stereocenters.